The number of benzene rings is 1. The Kier molecular flexibility index (Phi) is 7.03. The van der Waals surface area contributed by atoms with Gasteiger partial charge < -0.3 is 28.3 Å². The third-order valence-electron chi connectivity index (χ3n) is 6.45. The Hall–Kier alpha value is -0.885. The second-order valence-corrected chi connectivity index (χ2v) is 10.6. The summed E-state index contributed by atoms with van der Waals surface area (Å²) in [7, 11) is 11.9. The Balaban J connectivity index is 2.02. The Labute approximate surface area is 192 Å². The van der Waals surface area contributed by atoms with Crippen molar-refractivity contribution in [3.63, 3.8) is 0 Å². The zero-order chi connectivity index (χ0) is 23.2. The summed E-state index contributed by atoms with van der Waals surface area (Å²) in [6.07, 6.45) is -0.0842. The van der Waals surface area contributed by atoms with Gasteiger partial charge in [0.25, 0.3) is 0 Å². The fourth-order valence-electron chi connectivity index (χ4n) is 3.84. The monoisotopic (exact) mass is 422 g/mol. The third-order valence-corrected chi connectivity index (χ3v) is 6.45. The Bertz CT molecular complexity index is 805. The maximum absolute atomic E-state index is 6.44. The van der Waals surface area contributed by atoms with Gasteiger partial charge in [-0.3, -0.25) is 0 Å². The van der Waals surface area contributed by atoms with E-state index in [4.69, 9.17) is 28.3 Å². The lowest BCUT2D eigenvalue weighted by Gasteiger charge is -2.32. The van der Waals surface area contributed by atoms with Crippen molar-refractivity contribution in [2.45, 2.75) is 50.3 Å². The lowest BCUT2D eigenvalue weighted by Crippen LogP contribution is -2.58. The van der Waals surface area contributed by atoms with Crippen LogP contribution < -0.4 is 31.3 Å². The van der Waals surface area contributed by atoms with Crippen LogP contribution in [-0.4, -0.2) is 103 Å². The van der Waals surface area contributed by atoms with Crippen molar-refractivity contribution in [2.24, 2.45) is 0 Å². The number of hydrogen-bond acceptors (Lipinski definition) is 6. The van der Waals surface area contributed by atoms with Crippen LogP contribution in [-0.2, 0) is 18.8 Å². The first-order chi connectivity index (χ1) is 14.2. The molecule has 13 heteroatoms. The molecule has 0 unspecified atom stereocenters. The summed E-state index contributed by atoms with van der Waals surface area (Å²) in [4.78, 5) is 0. The Morgan fingerprint density at radius 3 is 2.06 bits per heavy atom. The summed E-state index contributed by atoms with van der Waals surface area (Å²) in [6, 6.07) is 0. The Morgan fingerprint density at radius 1 is 0.935 bits per heavy atom. The molecule has 0 amide bonds. The highest BCUT2D eigenvalue weighted by molar-refractivity contribution is 6.75. The molecule has 2 fully saturated rings. The summed E-state index contributed by atoms with van der Waals surface area (Å²) in [5.74, 6) is 1.48. The highest BCUT2D eigenvalue weighted by Crippen LogP contribution is 2.36. The maximum atomic E-state index is 6.44. The lowest BCUT2D eigenvalue weighted by molar-refractivity contribution is -0.101. The van der Waals surface area contributed by atoms with E-state index in [-0.39, 0.29) is 11.4 Å². The van der Waals surface area contributed by atoms with E-state index in [9.17, 15) is 0 Å². The maximum Gasteiger partial charge on any atom is 0.493 e. The zero-order valence-corrected chi connectivity index (χ0v) is 20.9. The molecule has 0 aliphatic carbocycles. The minimum absolute atomic E-state index is 0.0842. The van der Waals surface area contributed by atoms with Gasteiger partial charge in [0.05, 0.1) is 31.0 Å². The number of rotatable bonds is 6. The molecular formula is C18H33B7O6. The van der Waals surface area contributed by atoms with Crippen LogP contribution in [0.1, 0.15) is 27.7 Å². The molecule has 31 heavy (non-hydrogen) atoms. The average molecular weight is 421 g/mol. The molecule has 0 saturated carbocycles. The van der Waals surface area contributed by atoms with Crippen LogP contribution in [0.25, 0.3) is 0 Å². The summed E-state index contributed by atoms with van der Waals surface area (Å²) >= 11 is 0. The van der Waals surface area contributed by atoms with E-state index < -0.39 is 18.3 Å². The van der Waals surface area contributed by atoms with Crippen molar-refractivity contribution in [1.29, 1.82) is 0 Å². The van der Waals surface area contributed by atoms with Gasteiger partial charge in [0.15, 0.2) is 11.5 Å². The van der Waals surface area contributed by atoms with Gasteiger partial charge in [-0.2, -0.15) is 0 Å². The predicted molar refractivity (Wildman–Crippen MR) is 142 cm³/mol. The van der Waals surface area contributed by atoms with Gasteiger partial charge in [-0.1, -0.05) is 10.9 Å². The van der Waals surface area contributed by atoms with Crippen LogP contribution in [0, 0.1) is 0 Å². The SMILES string of the molecule is Bc1c(B)c(B2OC(C)(C)C(C)(C)O2)c(B)c(OC(B)(B)B)c1OC[C@H]1COCCO1. The molecule has 162 valence electrons. The van der Waals surface area contributed by atoms with Gasteiger partial charge in [0, 0.05) is 5.30 Å². The Morgan fingerprint density at radius 2 is 1.55 bits per heavy atom. The molecule has 1 aromatic carbocycles. The van der Waals surface area contributed by atoms with Crippen molar-refractivity contribution in [2.75, 3.05) is 26.4 Å². The summed E-state index contributed by atoms with van der Waals surface area (Å²) in [5, 5.41) is -0.387. The van der Waals surface area contributed by atoms with Gasteiger partial charge in [-0.15, -0.1) is 0 Å². The van der Waals surface area contributed by atoms with Crippen LogP contribution >= 0.6 is 0 Å². The first-order valence-corrected chi connectivity index (χ1v) is 11.2. The fourth-order valence-corrected chi connectivity index (χ4v) is 3.84. The molecule has 1 aromatic rings. The quantitative estimate of drug-likeness (QED) is 0.426. The van der Waals surface area contributed by atoms with Crippen LogP contribution in [0.5, 0.6) is 11.5 Å². The molecule has 6 nitrogen and oxygen atoms in total. The average Bonchev–Trinajstić information content (AvgIpc) is 2.86. The molecule has 2 aliphatic heterocycles. The lowest BCUT2D eigenvalue weighted by atomic mass is 9.52. The predicted octanol–water partition coefficient (Wildman–Crippen LogP) is -6.56. The molecular weight excluding hydrogens is 388 g/mol. The summed E-state index contributed by atoms with van der Waals surface area (Å²) in [5.41, 5.74) is 3.28. The summed E-state index contributed by atoms with van der Waals surface area (Å²) < 4.78 is 36.8. The molecule has 0 spiro atoms. The van der Waals surface area contributed by atoms with E-state index in [1.54, 1.807) is 0 Å². The van der Waals surface area contributed by atoms with Gasteiger partial charge in [-0.05, 0) is 38.6 Å². The normalized spacial score (nSPS) is 23.0. The largest absolute Gasteiger partial charge is 0.511 e. The molecule has 0 N–H and O–H groups in total. The van der Waals surface area contributed by atoms with E-state index in [0.29, 0.717) is 26.4 Å². The highest BCUT2D eigenvalue weighted by atomic mass is 16.7. The summed E-state index contributed by atoms with van der Waals surface area (Å²) in [6.45, 7) is 10.5. The molecule has 2 aliphatic rings. The second-order valence-electron chi connectivity index (χ2n) is 10.6. The molecule has 2 saturated heterocycles. The highest BCUT2D eigenvalue weighted by Gasteiger charge is 2.52. The van der Waals surface area contributed by atoms with Crippen molar-refractivity contribution < 1.29 is 28.3 Å². The number of ether oxygens (including phenoxy) is 4. The van der Waals surface area contributed by atoms with Crippen molar-refractivity contribution >= 4 is 76.0 Å². The van der Waals surface area contributed by atoms with E-state index in [2.05, 4.69) is 51.2 Å². The van der Waals surface area contributed by atoms with Crippen molar-refractivity contribution in [1.82, 2.24) is 0 Å². The van der Waals surface area contributed by atoms with Crippen LogP contribution in [0.2, 0.25) is 0 Å². The van der Waals surface area contributed by atoms with E-state index in [1.807, 2.05) is 23.5 Å². The second kappa shape index (κ2) is 8.81. The third kappa shape index (κ3) is 5.21. The first kappa shape index (κ1) is 24.8. The van der Waals surface area contributed by atoms with Crippen LogP contribution in [0.3, 0.4) is 0 Å². The fraction of sp³-hybridized carbons (Fsp3) is 0.667. The van der Waals surface area contributed by atoms with Gasteiger partial charge in [0.1, 0.15) is 59.8 Å². The molecule has 0 bridgehead atoms. The zero-order valence-electron chi connectivity index (χ0n) is 20.9. The van der Waals surface area contributed by atoms with Crippen molar-refractivity contribution in [3.8, 4) is 11.5 Å². The van der Waals surface area contributed by atoms with Crippen molar-refractivity contribution in [3.05, 3.63) is 0 Å². The van der Waals surface area contributed by atoms with Crippen LogP contribution in [0.15, 0.2) is 0 Å². The minimum Gasteiger partial charge on any atom is -0.511 e. The van der Waals surface area contributed by atoms with Gasteiger partial charge in [0.2, 0.25) is 0 Å². The minimum atomic E-state index is -0.463. The van der Waals surface area contributed by atoms with Gasteiger partial charge >= 0.3 is 7.12 Å². The van der Waals surface area contributed by atoms with E-state index >= 15 is 0 Å². The van der Waals surface area contributed by atoms with Gasteiger partial charge in [-0.25, -0.2) is 0 Å². The molecule has 3 rings (SSSR count). The standard InChI is InChI=1S/C18H33B7O6/c1-16(2)17(3,4)31-25(30-16)13-10(19)11(20)14(15(12(13)21)29-18(22,23)24)28-8-9-7-26-5-6-27-9/h9H,5-8,19-24H2,1-4H3/t9-/m1/s1. The molecule has 2 heterocycles. The molecule has 0 aromatic heterocycles. The van der Waals surface area contributed by atoms with E-state index in [0.717, 1.165) is 33.4 Å². The van der Waals surface area contributed by atoms with E-state index in [1.165, 1.54) is 0 Å². The smallest absolute Gasteiger partial charge is 0.493 e. The van der Waals surface area contributed by atoms with Crippen LogP contribution in [0.4, 0.5) is 0 Å². The first-order valence-electron chi connectivity index (χ1n) is 11.2. The topological polar surface area (TPSA) is 55.4 Å². The number of hydrogen-bond donors (Lipinski definition) is 0. The molecule has 0 radical (unpaired) electrons. The molecule has 1 atom stereocenters.